The van der Waals surface area contributed by atoms with Gasteiger partial charge in [-0.3, -0.25) is 4.79 Å². The van der Waals surface area contributed by atoms with Gasteiger partial charge in [-0.2, -0.15) is 18.4 Å². The van der Waals surface area contributed by atoms with E-state index in [1.165, 1.54) is 41.8 Å². The molecule has 0 radical (unpaired) electrons. The molecular weight excluding hydrogens is 319 g/mol. The number of amides is 1. The molecule has 4 nitrogen and oxygen atoms in total. The fraction of sp³-hybridized carbons (Fsp3) is 0.176. The maximum Gasteiger partial charge on any atom is 0.416 e. The highest BCUT2D eigenvalue weighted by Crippen LogP contribution is 2.30. The summed E-state index contributed by atoms with van der Waals surface area (Å²) < 4.78 is 40.0. The first-order valence-corrected chi connectivity index (χ1v) is 6.92. The predicted molar refractivity (Wildman–Crippen MR) is 83.1 cm³/mol. The van der Waals surface area contributed by atoms with Crippen molar-refractivity contribution in [3.63, 3.8) is 0 Å². The molecule has 0 aliphatic carbocycles. The molecule has 0 N–H and O–H groups in total. The molecule has 0 saturated carbocycles. The van der Waals surface area contributed by atoms with Crippen LogP contribution in [0.1, 0.15) is 11.3 Å². The lowest BCUT2D eigenvalue weighted by molar-refractivity contribution is -0.137. The summed E-state index contributed by atoms with van der Waals surface area (Å²) in [4.78, 5) is 13.2. The van der Waals surface area contributed by atoms with Crippen molar-refractivity contribution >= 4 is 12.0 Å². The summed E-state index contributed by atoms with van der Waals surface area (Å²) >= 11 is 0. The molecule has 1 amide bonds. The molecule has 0 unspecified atom stereocenters. The Morgan fingerprint density at radius 2 is 1.96 bits per heavy atom. The standard InChI is InChI=1S/C17H14F3N3O/c1-22(2)16(24)12(11-21)9-14-7-4-8-23(14)15-6-3-5-13(10-15)17(18,19)20/h3-10H,1-2H3/b12-9-. The summed E-state index contributed by atoms with van der Waals surface area (Å²) in [6, 6.07) is 9.87. The van der Waals surface area contributed by atoms with Gasteiger partial charge in [0, 0.05) is 31.7 Å². The molecule has 7 heteroatoms. The normalized spacial score (nSPS) is 11.9. The molecule has 124 valence electrons. The molecule has 0 saturated heterocycles. The van der Waals surface area contributed by atoms with Crippen molar-refractivity contribution in [2.75, 3.05) is 14.1 Å². The minimum absolute atomic E-state index is 0.105. The van der Waals surface area contributed by atoms with E-state index < -0.39 is 17.6 Å². The zero-order valence-electron chi connectivity index (χ0n) is 13.0. The van der Waals surface area contributed by atoms with Gasteiger partial charge in [-0.05, 0) is 36.4 Å². The maximum atomic E-state index is 12.9. The molecule has 1 heterocycles. The number of carbonyl (C=O) groups excluding carboxylic acids is 1. The fourth-order valence-corrected chi connectivity index (χ4v) is 2.11. The van der Waals surface area contributed by atoms with Gasteiger partial charge in [0.05, 0.1) is 5.56 Å². The molecule has 1 aromatic heterocycles. The topological polar surface area (TPSA) is 49.0 Å². The van der Waals surface area contributed by atoms with Gasteiger partial charge in [-0.1, -0.05) is 6.07 Å². The number of hydrogen-bond donors (Lipinski definition) is 0. The fourth-order valence-electron chi connectivity index (χ4n) is 2.11. The average Bonchev–Trinajstić information content (AvgIpc) is 2.99. The number of carbonyl (C=O) groups is 1. The van der Waals surface area contributed by atoms with E-state index in [0.29, 0.717) is 5.69 Å². The first-order chi connectivity index (χ1) is 11.2. The highest BCUT2D eigenvalue weighted by Gasteiger charge is 2.30. The third-order valence-corrected chi connectivity index (χ3v) is 3.28. The first-order valence-electron chi connectivity index (χ1n) is 6.92. The van der Waals surface area contributed by atoms with E-state index in [2.05, 4.69) is 0 Å². The lowest BCUT2D eigenvalue weighted by Gasteiger charge is -2.12. The molecule has 0 fully saturated rings. The van der Waals surface area contributed by atoms with Gasteiger partial charge in [-0.25, -0.2) is 0 Å². The smallest absolute Gasteiger partial charge is 0.344 e. The summed E-state index contributed by atoms with van der Waals surface area (Å²) in [7, 11) is 3.03. The molecule has 0 spiro atoms. The lowest BCUT2D eigenvalue weighted by atomic mass is 10.1. The van der Waals surface area contributed by atoms with Gasteiger partial charge in [0.25, 0.3) is 5.91 Å². The number of rotatable bonds is 3. The van der Waals surface area contributed by atoms with Crippen molar-refractivity contribution in [3.05, 3.63) is 59.4 Å². The van der Waals surface area contributed by atoms with Crippen LogP contribution in [0.5, 0.6) is 0 Å². The van der Waals surface area contributed by atoms with Crippen LogP contribution in [0.3, 0.4) is 0 Å². The third kappa shape index (κ3) is 3.66. The average molecular weight is 333 g/mol. The van der Waals surface area contributed by atoms with E-state index in [1.807, 2.05) is 6.07 Å². The number of nitriles is 1. The van der Waals surface area contributed by atoms with Crippen LogP contribution in [-0.2, 0) is 11.0 Å². The number of likely N-dealkylation sites (N-methyl/N-ethyl adjacent to an activating group) is 1. The second-order valence-electron chi connectivity index (χ2n) is 5.22. The first kappa shape index (κ1) is 17.3. The predicted octanol–water partition coefficient (Wildman–Crippen LogP) is 3.49. The highest BCUT2D eigenvalue weighted by molar-refractivity contribution is 6.01. The summed E-state index contributed by atoms with van der Waals surface area (Å²) in [6.45, 7) is 0. The summed E-state index contributed by atoms with van der Waals surface area (Å²) in [6.07, 6.45) is -1.53. The minimum Gasteiger partial charge on any atom is -0.344 e. The highest BCUT2D eigenvalue weighted by atomic mass is 19.4. The van der Waals surface area contributed by atoms with Crippen LogP contribution in [0, 0.1) is 11.3 Å². The second kappa shape index (κ2) is 6.62. The Balaban J connectivity index is 2.49. The van der Waals surface area contributed by atoms with Crippen LogP contribution >= 0.6 is 0 Å². The zero-order chi connectivity index (χ0) is 17.9. The number of hydrogen-bond acceptors (Lipinski definition) is 2. The number of halogens is 3. The van der Waals surface area contributed by atoms with Gasteiger partial charge < -0.3 is 9.47 Å². The van der Waals surface area contributed by atoms with E-state index in [-0.39, 0.29) is 11.3 Å². The summed E-state index contributed by atoms with van der Waals surface area (Å²) in [5, 5.41) is 9.13. The van der Waals surface area contributed by atoms with Gasteiger partial charge in [-0.15, -0.1) is 0 Å². The van der Waals surface area contributed by atoms with E-state index in [9.17, 15) is 18.0 Å². The monoisotopic (exact) mass is 333 g/mol. The van der Waals surface area contributed by atoms with Crippen molar-refractivity contribution in [3.8, 4) is 11.8 Å². The van der Waals surface area contributed by atoms with E-state index in [4.69, 9.17) is 5.26 Å². The van der Waals surface area contributed by atoms with Crippen molar-refractivity contribution in [1.82, 2.24) is 9.47 Å². The molecule has 0 atom stereocenters. The van der Waals surface area contributed by atoms with E-state index >= 15 is 0 Å². The summed E-state index contributed by atoms with van der Waals surface area (Å²) in [5.41, 5.74) is -0.155. The Bertz CT molecular complexity index is 826. The maximum absolute atomic E-state index is 12.9. The molecule has 1 aromatic carbocycles. The molecule has 0 aliphatic rings. The SMILES string of the molecule is CN(C)C(=O)/C(C#N)=C\c1cccn1-c1cccc(C(F)(F)F)c1. The van der Waals surface area contributed by atoms with Crippen molar-refractivity contribution in [2.24, 2.45) is 0 Å². The van der Waals surface area contributed by atoms with Crippen LogP contribution in [0.15, 0.2) is 48.2 Å². The van der Waals surface area contributed by atoms with Crippen LogP contribution in [0.2, 0.25) is 0 Å². The Morgan fingerprint density at radius 1 is 1.25 bits per heavy atom. The van der Waals surface area contributed by atoms with Gasteiger partial charge >= 0.3 is 6.18 Å². The largest absolute Gasteiger partial charge is 0.416 e. The molecule has 24 heavy (non-hydrogen) atoms. The Labute approximate surface area is 137 Å². The Hall–Kier alpha value is -3.01. The molecule has 0 aliphatic heterocycles. The van der Waals surface area contributed by atoms with Crippen molar-refractivity contribution in [1.29, 1.82) is 5.26 Å². The molecule has 2 rings (SSSR count). The quantitative estimate of drug-likeness (QED) is 0.638. The molecular formula is C17H14F3N3O. The molecule has 2 aromatic rings. The van der Waals surface area contributed by atoms with Crippen molar-refractivity contribution in [2.45, 2.75) is 6.18 Å². The van der Waals surface area contributed by atoms with Crippen LogP contribution in [0.25, 0.3) is 11.8 Å². The Kier molecular flexibility index (Phi) is 4.79. The minimum atomic E-state index is -4.45. The van der Waals surface area contributed by atoms with E-state index in [0.717, 1.165) is 12.1 Å². The number of nitrogens with zero attached hydrogens (tertiary/aromatic N) is 3. The van der Waals surface area contributed by atoms with Gasteiger partial charge in [0.1, 0.15) is 11.6 Å². The number of alkyl halides is 3. The number of aromatic nitrogens is 1. The van der Waals surface area contributed by atoms with Crippen LogP contribution in [0.4, 0.5) is 13.2 Å². The Morgan fingerprint density at radius 3 is 2.54 bits per heavy atom. The van der Waals surface area contributed by atoms with Gasteiger partial charge in [0.2, 0.25) is 0 Å². The second-order valence-corrected chi connectivity index (χ2v) is 5.22. The van der Waals surface area contributed by atoms with Crippen molar-refractivity contribution < 1.29 is 18.0 Å². The van der Waals surface area contributed by atoms with Crippen LogP contribution in [-0.4, -0.2) is 29.5 Å². The summed E-state index contributed by atoms with van der Waals surface area (Å²) in [5.74, 6) is -0.478. The van der Waals surface area contributed by atoms with Crippen LogP contribution < -0.4 is 0 Å². The van der Waals surface area contributed by atoms with E-state index in [1.54, 1.807) is 18.3 Å². The third-order valence-electron chi connectivity index (χ3n) is 3.28. The lowest BCUT2D eigenvalue weighted by Crippen LogP contribution is -2.22. The zero-order valence-corrected chi connectivity index (χ0v) is 13.0. The van der Waals surface area contributed by atoms with Gasteiger partial charge in [0.15, 0.2) is 0 Å². The number of benzene rings is 1. The molecule has 0 bridgehead atoms.